The largest absolute Gasteiger partial charge is 0.344 e. The van der Waals surface area contributed by atoms with E-state index in [9.17, 15) is 9.59 Å². The zero-order valence-electron chi connectivity index (χ0n) is 8.05. The third-order valence-corrected chi connectivity index (χ3v) is 1.93. The number of hydrogen-bond acceptors (Lipinski definition) is 2. The van der Waals surface area contributed by atoms with Crippen LogP contribution >= 0.6 is 0 Å². The molecule has 0 bridgehead atoms. The van der Waals surface area contributed by atoms with Crippen molar-refractivity contribution in [3.05, 3.63) is 23.8 Å². The molecule has 0 heterocycles. The Balaban J connectivity index is 2.88. The average Bonchev–Trinajstić information content (AvgIpc) is 1.96. The van der Waals surface area contributed by atoms with E-state index in [2.05, 4.69) is 5.32 Å². The van der Waals surface area contributed by atoms with E-state index in [1.807, 2.05) is 6.92 Å². The van der Waals surface area contributed by atoms with Gasteiger partial charge in [0, 0.05) is 6.92 Å². The van der Waals surface area contributed by atoms with Crippen LogP contribution in [0.3, 0.4) is 0 Å². The molecule has 1 N–H and O–H groups in total. The van der Waals surface area contributed by atoms with Gasteiger partial charge in [0.1, 0.15) is 0 Å². The summed E-state index contributed by atoms with van der Waals surface area (Å²) in [6.45, 7) is 5.05. The van der Waals surface area contributed by atoms with Gasteiger partial charge in [-0.25, -0.2) is 0 Å². The lowest BCUT2D eigenvalue weighted by molar-refractivity contribution is -0.120. The van der Waals surface area contributed by atoms with Crippen molar-refractivity contribution in [1.29, 1.82) is 0 Å². The summed E-state index contributed by atoms with van der Waals surface area (Å²) >= 11 is 0. The maximum Gasteiger partial charge on any atom is 0.217 e. The molecule has 0 aliphatic heterocycles. The van der Waals surface area contributed by atoms with E-state index in [1.165, 1.54) is 13.0 Å². The monoisotopic (exact) mass is 179 g/mol. The lowest BCUT2D eigenvalue weighted by atomic mass is 9.91. The van der Waals surface area contributed by atoms with Gasteiger partial charge in [0.25, 0.3) is 0 Å². The fourth-order valence-corrected chi connectivity index (χ4v) is 1.41. The SMILES string of the molecule is CC(=O)NC1(C)C=CC(=O)C(C)=C1. The lowest BCUT2D eigenvalue weighted by Crippen LogP contribution is -2.43. The number of nitrogens with one attached hydrogen (secondary N) is 1. The maximum atomic E-state index is 11.1. The first kappa shape index (κ1) is 9.71. The zero-order valence-corrected chi connectivity index (χ0v) is 8.05. The Morgan fingerprint density at radius 2 is 2.15 bits per heavy atom. The molecule has 3 heteroatoms. The van der Waals surface area contributed by atoms with Gasteiger partial charge in [-0.3, -0.25) is 9.59 Å². The minimum Gasteiger partial charge on any atom is -0.344 e. The van der Waals surface area contributed by atoms with E-state index in [0.29, 0.717) is 5.57 Å². The first-order valence-electron chi connectivity index (χ1n) is 4.15. The highest BCUT2D eigenvalue weighted by Crippen LogP contribution is 2.17. The van der Waals surface area contributed by atoms with Crippen LogP contribution in [0.1, 0.15) is 20.8 Å². The first-order valence-corrected chi connectivity index (χ1v) is 4.15. The number of amides is 1. The molecule has 1 rings (SSSR count). The molecular weight excluding hydrogens is 166 g/mol. The molecule has 0 aromatic rings. The Morgan fingerprint density at radius 1 is 1.54 bits per heavy atom. The summed E-state index contributed by atoms with van der Waals surface area (Å²) in [5.41, 5.74) is 0.155. The number of carbonyl (C=O) groups is 2. The van der Waals surface area contributed by atoms with E-state index in [4.69, 9.17) is 0 Å². The topological polar surface area (TPSA) is 46.2 Å². The predicted molar refractivity (Wildman–Crippen MR) is 50.1 cm³/mol. The van der Waals surface area contributed by atoms with Gasteiger partial charge < -0.3 is 5.32 Å². The molecule has 3 nitrogen and oxygen atoms in total. The molecule has 1 amide bonds. The molecule has 0 aromatic heterocycles. The van der Waals surface area contributed by atoms with Crippen LogP contribution in [0, 0.1) is 0 Å². The zero-order chi connectivity index (χ0) is 10.1. The fourth-order valence-electron chi connectivity index (χ4n) is 1.41. The number of rotatable bonds is 1. The van der Waals surface area contributed by atoms with E-state index >= 15 is 0 Å². The Morgan fingerprint density at radius 3 is 2.62 bits per heavy atom. The summed E-state index contributed by atoms with van der Waals surface area (Å²) in [5.74, 6) is -0.103. The third kappa shape index (κ3) is 2.28. The van der Waals surface area contributed by atoms with E-state index < -0.39 is 5.54 Å². The summed E-state index contributed by atoms with van der Waals surface area (Å²) in [7, 11) is 0. The summed E-state index contributed by atoms with van der Waals surface area (Å²) < 4.78 is 0. The molecule has 1 aliphatic carbocycles. The van der Waals surface area contributed by atoms with Gasteiger partial charge in [-0.05, 0) is 31.6 Å². The highest BCUT2D eigenvalue weighted by atomic mass is 16.1. The molecule has 1 atom stereocenters. The van der Waals surface area contributed by atoms with Crippen LogP contribution in [0.4, 0.5) is 0 Å². The average molecular weight is 179 g/mol. The molecule has 0 saturated heterocycles. The summed E-state index contributed by atoms with van der Waals surface area (Å²) in [4.78, 5) is 21.9. The molecular formula is C10H13NO2. The van der Waals surface area contributed by atoms with Crippen LogP contribution in [0.15, 0.2) is 23.8 Å². The van der Waals surface area contributed by atoms with Crippen LogP contribution in [-0.2, 0) is 9.59 Å². The molecule has 1 unspecified atom stereocenters. The van der Waals surface area contributed by atoms with E-state index in [-0.39, 0.29) is 11.7 Å². The Bertz CT molecular complexity index is 315. The van der Waals surface area contributed by atoms with Crippen molar-refractivity contribution < 1.29 is 9.59 Å². The first-order chi connectivity index (χ1) is 5.93. The highest BCUT2D eigenvalue weighted by molar-refractivity contribution is 6.05. The number of carbonyl (C=O) groups excluding carboxylic acids is 2. The quantitative estimate of drug-likeness (QED) is 0.651. The number of allylic oxidation sites excluding steroid dienone is 2. The van der Waals surface area contributed by atoms with E-state index in [0.717, 1.165) is 0 Å². The number of ketones is 1. The molecule has 1 aliphatic rings. The van der Waals surface area contributed by atoms with Crippen LogP contribution in [0.2, 0.25) is 0 Å². The van der Waals surface area contributed by atoms with Crippen molar-refractivity contribution in [2.75, 3.05) is 0 Å². The van der Waals surface area contributed by atoms with Gasteiger partial charge in [-0.15, -0.1) is 0 Å². The van der Waals surface area contributed by atoms with Crippen molar-refractivity contribution >= 4 is 11.7 Å². The fraction of sp³-hybridized carbons (Fsp3) is 0.400. The second-order valence-corrected chi connectivity index (χ2v) is 3.49. The van der Waals surface area contributed by atoms with Crippen molar-refractivity contribution in [1.82, 2.24) is 5.32 Å². The van der Waals surface area contributed by atoms with Crippen LogP contribution in [0.5, 0.6) is 0 Å². The van der Waals surface area contributed by atoms with Gasteiger partial charge in [0.05, 0.1) is 5.54 Å². The van der Waals surface area contributed by atoms with Gasteiger partial charge in [-0.2, -0.15) is 0 Å². The molecule has 0 fully saturated rings. The van der Waals surface area contributed by atoms with Gasteiger partial charge in [-0.1, -0.05) is 6.08 Å². The van der Waals surface area contributed by atoms with Crippen LogP contribution in [-0.4, -0.2) is 17.2 Å². The third-order valence-electron chi connectivity index (χ3n) is 1.93. The lowest BCUT2D eigenvalue weighted by Gasteiger charge is -2.26. The molecule has 13 heavy (non-hydrogen) atoms. The molecule has 70 valence electrons. The molecule has 0 spiro atoms. The normalized spacial score (nSPS) is 27.0. The summed E-state index contributed by atoms with van der Waals surface area (Å²) in [6, 6.07) is 0. The number of hydrogen-bond donors (Lipinski definition) is 1. The Labute approximate surface area is 77.5 Å². The highest BCUT2D eigenvalue weighted by Gasteiger charge is 2.23. The second-order valence-electron chi connectivity index (χ2n) is 3.49. The molecule has 0 saturated carbocycles. The van der Waals surface area contributed by atoms with E-state index in [1.54, 1.807) is 19.1 Å². The maximum absolute atomic E-state index is 11.1. The van der Waals surface area contributed by atoms with Crippen molar-refractivity contribution in [2.24, 2.45) is 0 Å². The standard InChI is InChI=1S/C10H13NO2/c1-7-6-10(3,11-8(2)12)5-4-9(7)13/h4-6H,1-3H3,(H,11,12). The van der Waals surface area contributed by atoms with Gasteiger partial charge in [0.15, 0.2) is 5.78 Å². The van der Waals surface area contributed by atoms with Crippen molar-refractivity contribution in [2.45, 2.75) is 26.3 Å². The van der Waals surface area contributed by atoms with Crippen molar-refractivity contribution in [3.63, 3.8) is 0 Å². The van der Waals surface area contributed by atoms with Crippen LogP contribution in [0.25, 0.3) is 0 Å². The second kappa shape index (κ2) is 3.17. The smallest absolute Gasteiger partial charge is 0.217 e. The minimum absolute atomic E-state index is 0.00262. The molecule has 0 aromatic carbocycles. The predicted octanol–water partition coefficient (Wildman–Crippen LogP) is 0.966. The Kier molecular flexibility index (Phi) is 2.36. The van der Waals surface area contributed by atoms with Gasteiger partial charge in [0.2, 0.25) is 5.91 Å². The Hall–Kier alpha value is -1.38. The minimum atomic E-state index is -0.510. The van der Waals surface area contributed by atoms with Crippen LogP contribution < -0.4 is 5.32 Å². The summed E-state index contributed by atoms with van der Waals surface area (Å²) in [6.07, 6.45) is 4.95. The summed E-state index contributed by atoms with van der Waals surface area (Å²) in [5, 5.41) is 2.75. The van der Waals surface area contributed by atoms with Gasteiger partial charge >= 0.3 is 0 Å². The van der Waals surface area contributed by atoms with Crippen molar-refractivity contribution in [3.8, 4) is 0 Å². The molecule has 0 radical (unpaired) electrons.